The molecule has 272 valence electrons. The molecule has 51 heavy (non-hydrogen) atoms. The zero-order valence-electron chi connectivity index (χ0n) is 30.4. The number of amides is 4. The lowest BCUT2D eigenvalue weighted by Crippen LogP contribution is -2.57. The fraction of sp³-hybridized carbons (Fsp3) is 0.421. The van der Waals surface area contributed by atoms with Gasteiger partial charge in [0, 0.05) is 25.5 Å². The number of nitrogens with one attached hydrogen (secondary N) is 1. The standard InChI is InChI=1S/C38H46N4O9/c1-23(43)13-11-18-33(44)41-22-29(39-34(45)24(2)40(6)37(48)51-38(3,4)5)35(46)42(31-17-10-9-16-30(31)41)21-28-25-14-12-15-27(36(47)50-8)26(25)19-20-32(28)49-7/h9-10,12,14-17,19-20,24,29H,11,13,18,21-22H2,1-8H3,(H,39,45). The summed E-state index contributed by atoms with van der Waals surface area (Å²) >= 11 is 0. The molecule has 1 N–H and O–H groups in total. The molecule has 2 atom stereocenters. The maximum atomic E-state index is 14.7. The largest absolute Gasteiger partial charge is 0.496 e. The molecule has 0 spiro atoms. The van der Waals surface area contributed by atoms with Crippen LogP contribution in [0.4, 0.5) is 16.2 Å². The van der Waals surface area contributed by atoms with Crippen LogP contribution < -0.4 is 19.9 Å². The number of carbonyl (C=O) groups is 6. The quantitative estimate of drug-likeness (QED) is 0.272. The van der Waals surface area contributed by atoms with E-state index < -0.39 is 41.6 Å². The lowest BCUT2D eigenvalue weighted by atomic mass is 9.98. The third kappa shape index (κ3) is 8.83. The Morgan fingerprint density at radius 1 is 0.941 bits per heavy atom. The van der Waals surface area contributed by atoms with Crippen LogP contribution in [-0.2, 0) is 35.2 Å². The van der Waals surface area contributed by atoms with E-state index in [1.165, 1.54) is 44.9 Å². The van der Waals surface area contributed by atoms with Crippen LogP contribution in [0.5, 0.6) is 5.75 Å². The van der Waals surface area contributed by atoms with Crippen LogP contribution in [0.15, 0.2) is 54.6 Å². The number of methoxy groups -OCH3 is 2. The highest BCUT2D eigenvalue weighted by atomic mass is 16.6. The van der Waals surface area contributed by atoms with Crippen molar-refractivity contribution in [1.82, 2.24) is 10.2 Å². The molecule has 0 bridgehead atoms. The average Bonchev–Trinajstić information content (AvgIpc) is 3.20. The maximum absolute atomic E-state index is 14.7. The first-order valence-electron chi connectivity index (χ1n) is 16.7. The SMILES string of the molecule is COC(=O)c1cccc2c(CN3C(=O)C(NC(=O)C(C)N(C)C(=O)OC(C)(C)C)CN(C(=O)CCCC(C)=O)c4ccccc43)c(OC)ccc12. The van der Waals surface area contributed by atoms with Crippen LogP contribution in [0.25, 0.3) is 10.8 Å². The molecule has 0 aromatic heterocycles. The van der Waals surface area contributed by atoms with E-state index in [2.05, 4.69) is 5.32 Å². The highest BCUT2D eigenvalue weighted by Crippen LogP contribution is 2.38. The number of benzene rings is 3. The molecule has 0 radical (unpaired) electrons. The van der Waals surface area contributed by atoms with Crippen molar-refractivity contribution in [1.29, 1.82) is 0 Å². The van der Waals surface area contributed by atoms with Crippen molar-refractivity contribution >= 4 is 57.7 Å². The van der Waals surface area contributed by atoms with E-state index in [4.69, 9.17) is 14.2 Å². The molecule has 1 aliphatic rings. The second-order valence-corrected chi connectivity index (χ2v) is 13.4. The summed E-state index contributed by atoms with van der Waals surface area (Å²) in [6.45, 7) is 7.83. The Hall–Kier alpha value is -5.46. The highest BCUT2D eigenvalue weighted by molar-refractivity contribution is 6.10. The Morgan fingerprint density at radius 3 is 2.25 bits per heavy atom. The molecule has 4 rings (SSSR count). The van der Waals surface area contributed by atoms with E-state index in [0.717, 1.165) is 4.90 Å². The lowest BCUT2D eigenvalue weighted by molar-refractivity contribution is -0.130. The van der Waals surface area contributed by atoms with Gasteiger partial charge >= 0.3 is 12.1 Å². The first kappa shape index (κ1) is 38.3. The molecule has 4 amide bonds. The van der Waals surface area contributed by atoms with E-state index in [1.54, 1.807) is 69.3 Å². The maximum Gasteiger partial charge on any atom is 0.410 e. The van der Waals surface area contributed by atoms with Crippen LogP contribution in [-0.4, -0.2) is 86.0 Å². The van der Waals surface area contributed by atoms with Crippen molar-refractivity contribution in [3.63, 3.8) is 0 Å². The Kier molecular flexibility index (Phi) is 12.1. The molecule has 0 aliphatic carbocycles. The number of anilines is 2. The Balaban J connectivity index is 1.81. The van der Waals surface area contributed by atoms with Gasteiger partial charge in [0.2, 0.25) is 11.8 Å². The first-order chi connectivity index (χ1) is 24.1. The highest BCUT2D eigenvalue weighted by Gasteiger charge is 2.39. The molecule has 1 aliphatic heterocycles. The number of likely N-dealkylation sites (N-methyl/N-ethyl adjacent to an activating group) is 1. The number of hydrogen-bond acceptors (Lipinski definition) is 9. The van der Waals surface area contributed by atoms with Gasteiger partial charge < -0.3 is 34.1 Å². The number of ether oxygens (including phenoxy) is 3. The van der Waals surface area contributed by atoms with Crippen molar-refractivity contribution < 1.29 is 43.0 Å². The van der Waals surface area contributed by atoms with E-state index >= 15 is 0 Å². The Morgan fingerprint density at radius 2 is 1.63 bits per heavy atom. The van der Waals surface area contributed by atoms with Crippen molar-refractivity contribution in [2.24, 2.45) is 0 Å². The van der Waals surface area contributed by atoms with E-state index in [9.17, 15) is 28.8 Å². The molecule has 13 heteroatoms. The predicted octanol–water partition coefficient (Wildman–Crippen LogP) is 5.01. The topological polar surface area (TPSA) is 152 Å². The normalized spacial score (nSPS) is 15.0. The number of ketones is 1. The van der Waals surface area contributed by atoms with Gasteiger partial charge in [0.05, 0.1) is 44.2 Å². The third-order valence-corrected chi connectivity index (χ3v) is 8.64. The van der Waals surface area contributed by atoms with Crippen LogP contribution in [0.1, 0.15) is 69.8 Å². The van der Waals surface area contributed by atoms with Crippen LogP contribution >= 0.6 is 0 Å². The molecule has 3 aromatic carbocycles. The van der Waals surface area contributed by atoms with Crippen molar-refractivity contribution in [2.75, 3.05) is 37.6 Å². The second kappa shape index (κ2) is 16.0. The molecule has 13 nitrogen and oxygen atoms in total. The number of fused-ring (bicyclic) bond motifs is 2. The predicted molar refractivity (Wildman–Crippen MR) is 192 cm³/mol. The minimum atomic E-state index is -1.25. The van der Waals surface area contributed by atoms with Gasteiger partial charge in [0.25, 0.3) is 5.91 Å². The van der Waals surface area contributed by atoms with Gasteiger partial charge in [-0.3, -0.25) is 19.3 Å². The summed E-state index contributed by atoms with van der Waals surface area (Å²) in [6, 6.07) is 13.2. The van der Waals surface area contributed by atoms with Gasteiger partial charge in [-0.25, -0.2) is 9.59 Å². The Labute approximate surface area is 297 Å². The van der Waals surface area contributed by atoms with E-state index in [1.807, 2.05) is 6.07 Å². The molecule has 3 aromatic rings. The number of nitrogens with zero attached hydrogens (tertiary/aromatic N) is 3. The minimum Gasteiger partial charge on any atom is -0.496 e. The summed E-state index contributed by atoms with van der Waals surface area (Å²) in [4.78, 5) is 83.4. The molecule has 0 saturated heterocycles. The lowest BCUT2D eigenvalue weighted by Gasteiger charge is -2.30. The summed E-state index contributed by atoms with van der Waals surface area (Å²) in [5.74, 6) is -1.62. The summed E-state index contributed by atoms with van der Waals surface area (Å²) in [5.41, 5.74) is 0.949. The smallest absolute Gasteiger partial charge is 0.410 e. The molecular formula is C38H46N4O9. The summed E-state index contributed by atoms with van der Waals surface area (Å²) in [6.07, 6.45) is -0.152. The van der Waals surface area contributed by atoms with Crippen LogP contribution in [0, 0.1) is 0 Å². The monoisotopic (exact) mass is 702 g/mol. The van der Waals surface area contributed by atoms with Crippen LogP contribution in [0.3, 0.4) is 0 Å². The van der Waals surface area contributed by atoms with Crippen molar-refractivity contribution in [3.05, 3.63) is 65.7 Å². The number of hydrogen-bond donors (Lipinski definition) is 1. The van der Waals surface area contributed by atoms with Gasteiger partial charge in [-0.15, -0.1) is 0 Å². The zero-order valence-corrected chi connectivity index (χ0v) is 30.4. The number of Topliss-reactive ketones (excluding diaryl/α,β-unsaturated/α-hetero) is 1. The summed E-state index contributed by atoms with van der Waals surface area (Å²) < 4.78 is 16.2. The molecule has 1 heterocycles. The number of rotatable bonds is 11. The summed E-state index contributed by atoms with van der Waals surface area (Å²) in [7, 11) is 4.22. The van der Waals surface area contributed by atoms with Gasteiger partial charge in [-0.2, -0.15) is 0 Å². The van der Waals surface area contributed by atoms with E-state index in [0.29, 0.717) is 45.4 Å². The number of carbonyl (C=O) groups excluding carboxylic acids is 6. The van der Waals surface area contributed by atoms with Crippen molar-refractivity contribution in [3.8, 4) is 5.75 Å². The van der Waals surface area contributed by atoms with Gasteiger partial charge in [0.1, 0.15) is 29.2 Å². The Bertz CT molecular complexity index is 1830. The van der Waals surface area contributed by atoms with Crippen LogP contribution in [0.2, 0.25) is 0 Å². The molecule has 0 saturated carbocycles. The number of esters is 1. The third-order valence-electron chi connectivity index (χ3n) is 8.64. The van der Waals surface area contributed by atoms with Gasteiger partial charge in [-0.1, -0.05) is 24.3 Å². The van der Waals surface area contributed by atoms with Gasteiger partial charge in [-0.05, 0) is 82.1 Å². The zero-order chi connectivity index (χ0) is 37.6. The average molecular weight is 703 g/mol. The molecule has 2 unspecified atom stereocenters. The van der Waals surface area contributed by atoms with E-state index in [-0.39, 0.29) is 37.6 Å². The summed E-state index contributed by atoms with van der Waals surface area (Å²) in [5, 5.41) is 4.02. The minimum absolute atomic E-state index is 0.0357. The second-order valence-electron chi connectivity index (χ2n) is 13.4. The molecule has 0 fully saturated rings. The van der Waals surface area contributed by atoms with Crippen molar-refractivity contribution in [2.45, 2.75) is 78.1 Å². The fourth-order valence-electron chi connectivity index (χ4n) is 5.88. The van der Waals surface area contributed by atoms with Gasteiger partial charge in [0.15, 0.2) is 0 Å². The molecular weight excluding hydrogens is 656 g/mol. The first-order valence-corrected chi connectivity index (χ1v) is 16.7. The fourth-order valence-corrected chi connectivity index (χ4v) is 5.88. The number of para-hydroxylation sites is 2.